The number of benzene rings is 1. The van der Waals surface area contributed by atoms with Gasteiger partial charge in [0.25, 0.3) is 15.9 Å². The Morgan fingerprint density at radius 3 is 2.32 bits per heavy atom. The van der Waals surface area contributed by atoms with Crippen LogP contribution < -0.4 is 15.4 Å². The van der Waals surface area contributed by atoms with Crippen LogP contribution in [0.3, 0.4) is 0 Å². The highest BCUT2D eigenvalue weighted by Crippen LogP contribution is 2.21. The Hall–Kier alpha value is -2.88. The monoisotopic (exact) mass is 450 g/mol. The van der Waals surface area contributed by atoms with Gasteiger partial charge in [-0.2, -0.15) is 0 Å². The largest absolute Gasteiger partial charge is 0.337 e. The van der Waals surface area contributed by atoms with Crippen molar-refractivity contribution in [1.29, 1.82) is 0 Å². The van der Waals surface area contributed by atoms with Crippen LogP contribution in [0.4, 0.5) is 9.59 Å². The summed E-state index contributed by atoms with van der Waals surface area (Å²) in [5, 5.41) is 5.21. The summed E-state index contributed by atoms with van der Waals surface area (Å²) < 4.78 is 26.5. The van der Waals surface area contributed by atoms with E-state index in [1.54, 1.807) is 12.1 Å². The van der Waals surface area contributed by atoms with E-state index in [0.29, 0.717) is 38.0 Å². The molecule has 170 valence electrons. The van der Waals surface area contributed by atoms with Gasteiger partial charge in [-0.3, -0.25) is 9.69 Å². The molecule has 0 spiro atoms. The Bertz CT molecular complexity index is 954. The lowest BCUT2D eigenvalue weighted by Gasteiger charge is -2.16. The third kappa shape index (κ3) is 6.55. The van der Waals surface area contributed by atoms with E-state index >= 15 is 0 Å². The lowest BCUT2D eigenvalue weighted by atomic mass is 10.1. The third-order valence-electron chi connectivity index (χ3n) is 4.98. The molecule has 1 aromatic carbocycles. The van der Waals surface area contributed by atoms with E-state index in [1.807, 2.05) is 25.5 Å². The molecule has 1 heterocycles. The molecule has 0 bridgehead atoms. The van der Waals surface area contributed by atoms with Gasteiger partial charge in [-0.05, 0) is 49.5 Å². The number of carbonyl (C=O) groups excluding carboxylic acids is 3. The molecule has 10 heteroatoms. The number of unbranched alkanes of at least 4 members (excludes halogenated alkanes) is 1. The minimum Gasteiger partial charge on any atom is -0.337 e. The molecule has 5 amide bonds. The standard InChI is InChI=1S/C21H30N4O5S/c1-4-6-12-22-20(27)24-31(29,30)17-9-7-16(8-10-17)11-13-23-21(28)25-14-15(3)18(5-2)19(25)26/h7-10H,4-6,11-14H2,1-3H3,(H,23,28)(H2,22,24,27). The molecule has 0 saturated carbocycles. The first-order chi connectivity index (χ1) is 14.7. The summed E-state index contributed by atoms with van der Waals surface area (Å²) in [6, 6.07) is 4.86. The van der Waals surface area contributed by atoms with Crippen molar-refractivity contribution in [2.24, 2.45) is 0 Å². The molecular weight excluding hydrogens is 420 g/mol. The van der Waals surface area contributed by atoms with Crippen LogP contribution >= 0.6 is 0 Å². The van der Waals surface area contributed by atoms with E-state index in [0.717, 1.165) is 24.0 Å². The highest BCUT2D eigenvalue weighted by atomic mass is 32.2. The zero-order chi connectivity index (χ0) is 23.0. The molecule has 1 aliphatic rings. The van der Waals surface area contributed by atoms with Gasteiger partial charge < -0.3 is 10.6 Å². The molecule has 0 fully saturated rings. The Balaban J connectivity index is 1.84. The van der Waals surface area contributed by atoms with Crippen molar-refractivity contribution in [3.8, 4) is 0 Å². The maximum absolute atomic E-state index is 12.3. The molecule has 0 radical (unpaired) electrons. The van der Waals surface area contributed by atoms with Gasteiger partial charge in [0.2, 0.25) is 0 Å². The van der Waals surface area contributed by atoms with Crippen molar-refractivity contribution in [2.45, 2.75) is 51.3 Å². The average molecular weight is 451 g/mol. The molecule has 0 saturated heterocycles. The fourth-order valence-corrected chi connectivity index (χ4v) is 4.14. The molecular formula is C21H30N4O5S. The van der Waals surface area contributed by atoms with Crippen molar-refractivity contribution in [2.75, 3.05) is 19.6 Å². The maximum Gasteiger partial charge on any atom is 0.328 e. The highest BCUT2D eigenvalue weighted by Gasteiger charge is 2.31. The Labute approximate surface area is 183 Å². The van der Waals surface area contributed by atoms with Crippen molar-refractivity contribution in [3.63, 3.8) is 0 Å². The number of urea groups is 2. The number of imide groups is 1. The van der Waals surface area contributed by atoms with E-state index in [1.165, 1.54) is 17.0 Å². The molecule has 0 unspecified atom stereocenters. The molecule has 1 aromatic rings. The minimum atomic E-state index is -3.96. The summed E-state index contributed by atoms with van der Waals surface area (Å²) in [7, 11) is -3.96. The number of hydrogen-bond acceptors (Lipinski definition) is 5. The van der Waals surface area contributed by atoms with Crippen LogP contribution in [0.15, 0.2) is 40.3 Å². The van der Waals surface area contributed by atoms with Crippen molar-refractivity contribution >= 4 is 28.0 Å². The summed E-state index contributed by atoms with van der Waals surface area (Å²) >= 11 is 0. The second-order valence-corrected chi connectivity index (χ2v) is 9.03. The van der Waals surface area contributed by atoms with Gasteiger partial charge in [-0.1, -0.05) is 32.4 Å². The zero-order valence-corrected chi connectivity index (χ0v) is 19.0. The fourth-order valence-electron chi connectivity index (χ4n) is 3.21. The van der Waals surface area contributed by atoms with Crippen LogP contribution in [0.5, 0.6) is 0 Å². The van der Waals surface area contributed by atoms with Gasteiger partial charge in [0.15, 0.2) is 0 Å². The fraction of sp³-hybridized carbons (Fsp3) is 0.476. The van der Waals surface area contributed by atoms with Crippen molar-refractivity contribution in [3.05, 3.63) is 41.0 Å². The highest BCUT2D eigenvalue weighted by molar-refractivity contribution is 7.90. The van der Waals surface area contributed by atoms with Crippen molar-refractivity contribution < 1.29 is 22.8 Å². The molecule has 9 nitrogen and oxygen atoms in total. The first-order valence-electron chi connectivity index (χ1n) is 10.4. The van der Waals surface area contributed by atoms with Crippen LogP contribution in [0, 0.1) is 0 Å². The van der Waals surface area contributed by atoms with E-state index < -0.39 is 22.1 Å². The lowest BCUT2D eigenvalue weighted by Crippen LogP contribution is -2.42. The Morgan fingerprint density at radius 2 is 1.74 bits per heavy atom. The number of carbonyl (C=O) groups is 3. The van der Waals surface area contributed by atoms with Crippen LogP contribution in [0.25, 0.3) is 0 Å². The number of rotatable bonds is 9. The topological polar surface area (TPSA) is 125 Å². The summed E-state index contributed by atoms with van der Waals surface area (Å²) in [4.78, 5) is 37.4. The van der Waals surface area contributed by atoms with E-state index in [4.69, 9.17) is 0 Å². The summed E-state index contributed by atoms with van der Waals surface area (Å²) in [6.45, 7) is 6.71. The molecule has 3 N–H and O–H groups in total. The smallest absolute Gasteiger partial charge is 0.328 e. The average Bonchev–Trinajstić information content (AvgIpc) is 3.01. The SMILES string of the molecule is CCCCNC(=O)NS(=O)(=O)c1ccc(CCNC(=O)N2CC(C)=C(CC)C2=O)cc1. The number of sulfonamides is 1. The predicted octanol–water partition coefficient (Wildman–Crippen LogP) is 2.30. The number of nitrogens with one attached hydrogen (secondary N) is 3. The van der Waals surface area contributed by atoms with Crippen molar-refractivity contribution in [1.82, 2.24) is 20.3 Å². The second-order valence-electron chi connectivity index (χ2n) is 7.34. The van der Waals surface area contributed by atoms with E-state index in [-0.39, 0.29) is 10.8 Å². The van der Waals surface area contributed by atoms with Gasteiger partial charge in [0.05, 0.1) is 11.4 Å². The maximum atomic E-state index is 12.3. The van der Waals surface area contributed by atoms with Gasteiger partial charge in [0.1, 0.15) is 0 Å². The van der Waals surface area contributed by atoms with Crippen LogP contribution in [-0.4, -0.2) is 50.9 Å². The summed E-state index contributed by atoms with van der Waals surface area (Å²) in [5.41, 5.74) is 2.40. The first kappa shape index (κ1) is 24.4. The quantitative estimate of drug-likeness (QED) is 0.498. The van der Waals surface area contributed by atoms with E-state index in [9.17, 15) is 22.8 Å². The number of amides is 5. The third-order valence-corrected chi connectivity index (χ3v) is 6.33. The van der Waals surface area contributed by atoms with Gasteiger partial charge >= 0.3 is 12.1 Å². The summed E-state index contributed by atoms with van der Waals surface area (Å²) in [6.07, 6.45) is 2.71. The lowest BCUT2D eigenvalue weighted by molar-refractivity contribution is -0.123. The van der Waals surface area contributed by atoms with Gasteiger partial charge in [0, 0.05) is 18.7 Å². The zero-order valence-electron chi connectivity index (χ0n) is 18.2. The Morgan fingerprint density at radius 1 is 1.06 bits per heavy atom. The molecule has 2 rings (SSSR count). The predicted molar refractivity (Wildman–Crippen MR) is 117 cm³/mol. The molecule has 0 aliphatic carbocycles. The number of nitrogens with zero attached hydrogens (tertiary/aromatic N) is 1. The second kappa shape index (κ2) is 10.9. The molecule has 0 aromatic heterocycles. The molecule has 31 heavy (non-hydrogen) atoms. The van der Waals surface area contributed by atoms with E-state index in [2.05, 4.69) is 10.6 Å². The van der Waals surface area contributed by atoms with Gasteiger partial charge in [-0.15, -0.1) is 0 Å². The van der Waals surface area contributed by atoms with Gasteiger partial charge in [-0.25, -0.2) is 22.7 Å². The Kier molecular flexibility index (Phi) is 8.61. The summed E-state index contributed by atoms with van der Waals surface area (Å²) in [5.74, 6) is -0.252. The number of hydrogen-bond donors (Lipinski definition) is 3. The van der Waals surface area contributed by atoms with Crippen LogP contribution in [0.1, 0.15) is 45.6 Å². The first-order valence-corrected chi connectivity index (χ1v) is 11.9. The molecule has 1 aliphatic heterocycles. The minimum absolute atomic E-state index is 0.0257. The molecule has 0 atom stereocenters. The normalized spacial score (nSPS) is 14.0. The van der Waals surface area contributed by atoms with Crippen LogP contribution in [0.2, 0.25) is 0 Å². The van der Waals surface area contributed by atoms with Crippen LogP contribution in [-0.2, 0) is 21.2 Å².